The quantitative estimate of drug-likeness (QED) is 0.671. The Hall–Kier alpha value is -3.15. The maximum absolute atomic E-state index is 12.4. The first kappa shape index (κ1) is 16.7. The summed E-state index contributed by atoms with van der Waals surface area (Å²) >= 11 is 0. The van der Waals surface area contributed by atoms with Gasteiger partial charge in [-0.2, -0.15) is 0 Å². The topological polar surface area (TPSA) is 94.8 Å². The smallest absolute Gasteiger partial charge is 0.270 e. The molecule has 0 saturated carbocycles. The Bertz CT molecular complexity index is 1050. The fraction of sp³-hybridized carbons (Fsp3) is 0.211. The minimum atomic E-state index is -0.416. The van der Waals surface area contributed by atoms with Gasteiger partial charge in [-0.1, -0.05) is 32.9 Å². The monoisotopic (exact) mass is 337 g/mol. The highest BCUT2D eigenvalue weighted by atomic mass is 16.2. The number of carbonyl (C=O) groups is 1. The maximum atomic E-state index is 12.4. The predicted molar refractivity (Wildman–Crippen MR) is 98.3 cm³/mol. The van der Waals surface area contributed by atoms with Crippen molar-refractivity contribution in [2.45, 2.75) is 26.2 Å². The van der Waals surface area contributed by atoms with Gasteiger partial charge in [0.2, 0.25) is 0 Å². The van der Waals surface area contributed by atoms with Crippen LogP contribution in [0.2, 0.25) is 0 Å². The molecule has 0 aliphatic rings. The molecular weight excluding hydrogens is 318 g/mol. The van der Waals surface area contributed by atoms with E-state index in [0.29, 0.717) is 11.3 Å². The van der Waals surface area contributed by atoms with Crippen molar-refractivity contribution in [2.24, 2.45) is 0 Å². The van der Waals surface area contributed by atoms with Gasteiger partial charge in [0.15, 0.2) is 0 Å². The first-order valence-electron chi connectivity index (χ1n) is 7.92. The van der Waals surface area contributed by atoms with Gasteiger partial charge in [0.05, 0.1) is 10.8 Å². The number of rotatable bonds is 2. The van der Waals surface area contributed by atoms with Gasteiger partial charge in [-0.15, -0.1) is 0 Å². The summed E-state index contributed by atoms with van der Waals surface area (Å²) in [7, 11) is 0. The van der Waals surface area contributed by atoms with Gasteiger partial charge >= 0.3 is 0 Å². The van der Waals surface area contributed by atoms with E-state index >= 15 is 0 Å². The number of fused-ring (bicyclic) bond motifs is 1. The summed E-state index contributed by atoms with van der Waals surface area (Å²) in [4.78, 5) is 35.9. The molecule has 2 aromatic carbocycles. The Kier molecular flexibility index (Phi) is 4.04. The van der Waals surface area contributed by atoms with Crippen molar-refractivity contribution in [3.8, 4) is 0 Å². The standard InChI is InChI=1S/C19H19N3O3/c1-19(2,3)12-6-4-11(5-7-12)16(23)20-13-8-9-14-15(10-13)18(25)22-21-17(14)24/h4-10H,1-3H3,(H,20,23)(H,21,24)(H,22,25). The molecule has 0 saturated heterocycles. The van der Waals surface area contributed by atoms with Crippen LogP contribution in [0.3, 0.4) is 0 Å². The second-order valence-corrected chi connectivity index (χ2v) is 6.95. The van der Waals surface area contributed by atoms with Gasteiger partial charge < -0.3 is 5.32 Å². The minimum absolute atomic E-state index is 0.0153. The summed E-state index contributed by atoms with van der Waals surface area (Å²) in [6, 6.07) is 12.0. The van der Waals surface area contributed by atoms with E-state index in [1.54, 1.807) is 18.2 Å². The molecule has 6 heteroatoms. The lowest BCUT2D eigenvalue weighted by Crippen LogP contribution is -2.19. The molecular formula is C19H19N3O3. The van der Waals surface area contributed by atoms with Gasteiger partial charge in [0, 0.05) is 11.3 Å². The van der Waals surface area contributed by atoms with Crippen LogP contribution in [-0.4, -0.2) is 16.1 Å². The molecule has 1 heterocycles. The van der Waals surface area contributed by atoms with E-state index < -0.39 is 5.56 Å². The zero-order valence-electron chi connectivity index (χ0n) is 14.3. The second-order valence-electron chi connectivity index (χ2n) is 6.95. The molecule has 0 unspecified atom stereocenters. The summed E-state index contributed by atoms with van der Waals surface area (Å²) in [5, 5.41) is 7.79. The van der Waals surface area contributed by atoms with Crippen LogP contribution in [0.4, 0.5) is 5.69 Å². The van der Waals surface area contributed by atoms with Crippen molar-refractivity contribution in [3.05, 3.63) is 74.3 Å². The maximum Gasteiger partial charge on any atom is 0.270 e. The Morgan fingerprint density at radius 3 is 2.08 bits per heavy atom. The number of hydrogen-bond donors (Lipinski definition) is 3. The van der Waals surface area contributed by atoms with Crippen molar-refractivity contribution in [1.29, 1.82) is 0 Å². The number of aromatic amines is 2. The van der Waals surface area contributed by atoms with Gasteiger partial charge in [-0.25, -0.2) is 0 Å². The lowest BCUT2D eigenvalue weighted by molar-refractivity contribution is 0.102. The first-order valence-corrected chi connectivity index (χ1v) is 7.92. The number of amides is 1. The highest BCUT2D eigenvalue weighted by molar-refractivity contribution is 6.05. The number of anilines is 1. The number of hydrogen-bond acceptors (Lipinski definition) is 3. The predicted octanol–water partition coefficient (Wildman–Crippen LogP) is 2.77. The van der Waals surface area contributed by atoms with E-state index in [1.807, 2.05) is 12.1 Å². The van der Waals surface area contributed by atoms with Crippen molar-refractivity contribution >= 4 is 22.4 Å². The first-order chi connectivity index (χ1) is 11.8. The van der Waals surface area contributed by atoms with E-state index in [4.69, 9.17) is 0 Å². The van der Waals surface area contributed by atoms with Crippen LogP contribution in [0.15, 0.2) is 52.1 Å². The lowest BCUT2D eigenvalue weighted by atomic mass is 9.87. The summed E-state index contributed by atoms with van der Waals surface area (Å²) in [5.41, 5.74) is 1.33. The van der Waals surface area contributed by atoms with Gasteiger partial charge in [0.1, 0.15) is 0 Å². The molecule has 3 rings (SSSR count). The van der Waals surface area contributed by atoms with Crippen LogP contribution < -0.4 is 16.4 Å². The molecule has 0 atom stereocenters. The van der Waals surface area contributed by atoms with Crippen molar-refractivity contribution < 1.29 is 4.79 Å². The Morgan fingerprint density at radius 2 is 1.48 bits per heavy atom. The van der Waals surface area contributed by atoms with Crippen molar-refractivity contribution in [3.63, 3.8) is 0 Å². The number of aromatic nitrogens is 2. The fourth-order valence-corrected chi connectivity index (χ4v) is 2.58. The average Bonchev–Trinajstić information content (AvgIpc) is 2.58. The zero-order valence-corrected chi connectivity index (χ0v) is 14.3. The molecule has 0 bridgehead atoms. The summed E-state index contributed by atoms with van der Waals surface area (Å²) in [6.07, 6.45) is 0. The van der Waals surface area contributed by atoms with Crippen molar-refractivity contribution in [1.82, 2.24) is 10.2 Å². The summed E-state index contributed by atoms with van der Waals surface area (Å²) < 4.78 is 0. The highest BCUT2D eigenvalue weighted by Gasteiger charge is 2.14. The van der Waals surface area contributed by atoms with Crippen LogP contribution in [0.1, 0.15) is 36.7 Å². The average molecular weight is 337 g/mol. The van der Waals surface area contributed by atoms with Crippen molar-refractivity contribution in [2.75, 3.05) is 5.32 Å². The SMILES string of the molecule is CC(C)(C)c1ccc(C(=O)Nc2ccc3c(=O)[nH][nH]c(=O)c3c2)cc1. The molecule has 6 nitrogen and oxygen atoms in total. The molecule has 0 spiro atoms. The molecule has 0 aliphatic heterocycles. The number of H-pyrrole nitrogens is 2. The molecule has 0 aliphatic carbocycles. The number of benzene rings is 2. The summed E-state index contributed by atoms with van der Waals surface area (Å²) in [5.74, 6) is -0.277. The molecule has 3 aromatic rings. The lowest BCUT2D eigenvalue weighted by Gasteiger charge is -2.19. The summed E-state index contributed by atoms with van der Waals surface area (Å²) in [6.45, 7) is 6.32. The van der Waals surface area contributed by atoms with Gasteiger partial charge in [0.25, 0.3) is 17.0 Å². The van der Waals surface area contributed by atoms with Crippen LogP contribution >= 0.6 is 0 Å². The normalized spacial score (nSPS) is 11.5. The van der Waals surface area contributed by atoms with Gasteiger partial charge in [-0.3, -0.25) is 24.6 Å². The van der Waals surface area contributed by atoms with Crippen LogP contribution in [0, 0.1) is 0 Å². The van der Waals surface area contributed by atoms with Crippen LogP contribution in [0.25, 0.3) is 10.8 Å². The van der Waals surface area contributed by atoms with E-state index in [-0.39, 0.29) is 27.7 Å². The Morgan fingerprint density at radius 1 is 0.880 bits per heavy atom. The van der Waals surface area contributed by atoms with E-state index in [9.17, 15) is 14.4 Å². The second kappa shape index (κ2) is 6.05. The van der Waals surface area contributed by atoms with E-state index in [1.165, 1.54) is 12.1 Å². The number of nitrogens with one attached hydrogen (secondary N) is 3. The molecule has 3 N–H and O–H groups in total. The molecule has 25 heavy (non-hydrogen) atoms. The third-order valence-corrected chi connectivity index (χ3v) is 4.07. The van der Waals surface area contributed by atoms with Crippen LogP contribution in [0.5, 0.6) is 0 Å². The molecule has 0 radical (unpaired) electrons. The fourth-order valence-electron chi connectivity index (χ4n) is 2.58. The zero-order chi connectivity index (χ0) is 18.2. The molecule has 0 fully saturated rings. The molecule has 128 valence electrons. The Labute approximate surface area is 143 Å². The highest BCUT2D eigenvalue weighted by Crippen LogP contribution is 2.22. The molecule has 1 amide bonds. The Balaban J connectivity index is 1.88. The minimum Gasteiger partial charge on any atom is -0.322 e. The van der Waals surface area contributed by atoms with E-state index in [0.717, 1.165) is 5.56 Å². The largest absolute Gasteiger partial charge is 0.322 e. The molecule has 1 aromatic heterocycles. The third kappa shape index (κ3) is 3.38. The van der Waals surface area contributed by atoms with Gasteiger partial charge in [-0.05, 0) is 41.3 Å². The van der Waals surface area contributed by atoms with E-state index in [2.05, 4.69) is 36.3 Å². The van der Waals surface area contributed by atoms with Crippen LogP contribution in [-0.2, 0) is 5.41 Å². The number of carbonyl (C=O) groups excluding carboxylic acids is 1. The third-order valence-electron chi connectivity index (χ3n) is 4.07.